The molecule has 1 saturated heterocycles. The molecule has 1 aromatic rings. The van der Waals surface area contributed by atoms with Crippen LogP contribution in [0.4, 0.5) is 10.1 Å². The van der Waals surface area contributed by atoms with E-state index in [9.17, 15) is 14.6 Å². The van der Waals surface area contributed by atoms with E-state index in [4.69, 9.17) is 0 Å². The minimum absolute atomic E-state index is 0.265. The van der Waals surface area contributed by atoms with Gasteiger partial charge in [0.25, 0.3) is 0 Å². The van der Waals surface area contributed by atoms with Crippen LogP contribution in [0.5, 0.6) is 0 Å². The molecule has 1 aromatic carbocycles. The van der Waals surface area contributed by atoms with Crippen LogP contribution < -0.4 is 10.2 Å². The lowest BCUT2D eigenvalue weighted by Crippen LogP contribution is -2.25. The molecule has 1 aliphatic rings. The summed E-state index contributed by atoms with van der Waals surface area (Å²) in [6.07, 6.45) is -1.62. The van der Waals surface area contributed by atoms with Gasteiger partial charge in [-0.2, -0.15) is 0 Å². The van der Waals surface area contributed by atoms with E-state index in [1.165, 1.54) is 6.07 Å². The van der Waals surface area contributed by atoms with Gasteiger partial charge >= 0.3 is 0 Å². The Hall–Kier alpha value is -1.17. The molecule has 5 heteroatoms. The Balaban J connectivity index is 2.25. The van der Waals surface area contributed by atoms with E-state index < -0.39 is 12.2 Å². The van der Waals surface area contributed by atoms with Gasteiger partial charge in [-0.15, -0.1) is 0 Å². The largest absolute Gasteiger partial charge is 0.389 e. The van der Waals surface area contributed by atoms with Gasteiger partial charge < -0.3 is 20.4 Å². The third-order valence-electron chi connectivity index (χ3n) is 3.21. The van der Waals surface area contributed by atoms with Crippen molar-refractivity contribution in [2.24, 2.45) is 0 Å². The molecule has 0 aliphatic carbocycles. The minimum Gasteiger partial charge on any atom is -0.389 e. The maximum Gasteiger partial charge on any atom is 0.146 e. The molecule has 2 atom stereocenters. The first-order valence-electron chi connectivity index (χ1n) is 6.22. The molecule has 0 bridgehead atoms. The smallest absolute Gasteiger partial charge is 0.146 e. The lowest BCUT2D eigenvalue weighted by molar-refractivity contribution is 0.0572. The number of benzene rings is 1. The number of halogens is 1. The first-order chi connectivity index (χ1) is 8.63. The van der Waals surface area contributed by atoms with E-state index in [2.05, 4.69) is 5.32 Å². The van der Waals surface area contributed by atoms with Gasteiger partial charge in [-0.05, 0) is 18.2 Å². The number of nitrogens with one attached hydrogen (secondary N) is 1. The second-order valence-electron chi connectivity index (χ2n) is 4.57. The summed E-state index contributed by atoms with van der Waals surface area (Å²) in [6, 6.07) is 4.94. The highest BCUT2D eigenvalue weighted by atomic mass is 19.1. The van der Waals surface area contributed by atoms with E-state index in [-0.39, 0.29) is 18.9 Å². The molecule has 1 fully saturated rings. The number of aliphatic hydroxyl groups excluding tert-OH is 2. The van der Waals surface area contributed by atoms with Crippen molar-refractivity contribution in [3.63, 3.8) is 0 Å². The molecule has 0 aromatic heterocycles. The van der Waals surface area contributed by atoms with Crippen molar-refractivity contribution in [2.75, 3.05) is 24.5 Å². The highest BCUT2D eigenvalue weighted by molar-refractivity contribution is 5.56. The quantitative estimate of drug-likeness (QED) is 0.731. The molecule has 2 unspecified atom stereocenters. The molecule has 4 nitrogen and oxygen atoms in total. The van der Waals surface area contributed by atoms with Gasteiger partial charge in [-0.3, -0.25) is 0 Å². The monoisotopic (exact) mass is 254 g/mol. The number of para-hydroxylation sites is 1. The van der Waals surface area contributed by atoms with Crippen LogP contribution in [0.15, 0.2) is 18.2 Å². The van der Waals surface area contributed by atoms with Crippen molar-refractivity contribution < 1.29 is 14.6 Å². The Morgan fingerprint density at radius 1 is 1.33 bits per heavy atom. The van der Waals surface area contributed by atoms with Crippen molar-refractivity contribution in [1.29, 1.82) is 0 Å². The van der Waals surface area contributed by atoms with Crippen molar-refractivity contribution in [2.45, 2.75) is 25.7 Å². The summed E-state index contributed by atoms with van der Waals surface area (Å²) in [4.78, 5) is 1.71. The lowest BCUT2D eigenvalue weighted by atomic mass is 10.1. The summed E-state index contributed by atoms with van der Waals surface area (Å²) in [6.45, 7) is 3.90. The zero-order chi connectivity index (χ0) is 13.1. The molecule has 0 saturated carbocycles. The molecule has 2 rings (SSSR count). The van der Waals surface area contributed by atoms with E-state index in [1.54, 1.807) is 11.0 Å². The summed E-state index contributed by atoms with van der Waals surface area (Å²) >= 11 is 0. The number of hydrogen-bond donors (Lipinski definition) is 3. The van der Waals surface area contributed by atoms with Crippen LogP contribution in [0.25, 0.3) is 0 Å². The molecule has 0 spiro atoms. The maximum absolute atomic E-state index is 14.0. The van der Waals surface area contributed by atoms with Crippen LogP contribution in [0.2, 0.25) is 0 Å². The second kappa shape index (κ2) is 5.65. The topological polar surface area (TPSA) is 55.7 Å². The average molecular weight is 254 g/mol. The Labute approximate surface area is 106 Å². The lowest BCUT2D eigenvalue weighted by Gasteiger charge is -2.22. The van der Waals surface area contributed by atoms with Gasteiger partial charge in [0.15, 0.2) is 0 Å². The van der Waals surface area contributed by atoms with Crippen LogP contribution in [0.3, 0.4) is 0 Å². The van der Waals surface area contributed by atoms with Gasteiger partial charge in [0.05, 0.1) is 17.9 Å². The molecule has 3 N–H and O–H groups in total. The van der Waals surface area contributed by atoms with Crippen molar-refractivity contribution in [1.82, 2.24) is 5.32 Å². The zero-order valence-electron chi connectivity index (χ0n) is 10.4. The normalized spacial score (nSPS) is 23.7. The van der Waals surface area contributed by atoms with Crippen molar-refractivity contribution >= 4 is 5.69 Å². The summed E-state index contributed by atoms with van der Waals surface area (Å²) in [5, 5.41) is 22.3. The fourth-order valence-electron chi connectivity index (χ4n) is 2.27. The predicted octanol–water partition coefficient (Wildman–Crippen LogP) is 0.477. The Morgan fingerprint density at radius 3 is 2.61 bits per heavy atom. The summed E-state index contributed by atoms with van der Waals surface area (Å²) < 4.78 is 14.0. The van der Waals surface area contributed by atoms with E-state index in [1.807, 2.05) is 13.0 Å². The fraction of sp³-hybridized carbons (Fsp3) is 0.538. The SMILES string of the molecule is CCNCc1cccc(F)c1N1CC(O)C(O)C1. The summed E-state index contributed by atoms with van der Waals surface area (Å²) in [5.74, 6) is -0.313. The number of hydrogen-bond acceptors (Lipinski definition) is 4. The van der Waals surface area contributed by atoms with Crippen LogP contribution in [-0.2, 0) is 6.54 Å². The molecule has 1 aliphatic heterocycles. The van der Waals surface area contributed by atoms with Gasteiger partial charge in [0.1, 0.15) is 5.82 Å². The molecule has 100 valence electrons. The van der Waals surface area contributed by atoms with Crippen molar-refractivity contribution in [3.05, 3.63) is 29.6 Å². The van der Waals surface area contributed by atoms with E-state index >= 15 is 0 Å². The summed E-state index contributed by atoms with van der Waals surface area (Å²) in [7, 11) is 0. The van der Waals surface area contributed by atoms with Gasteiger partial charge in [0.2, 0.25) is 0 Å². The molecule has 1 heterocycles. The summed E-state index contributed by atoms with van der Waals surface area (Å²) in [5.41, 5.74) is 1.33. The van der Waals surface area contributed by atoms with Crippen molar-refractivity contribution in [3.8, 4) is 0 Å². The Kier molecular flexibility index (Phi) is 4.16. The van der Waals surface area contributed by atoms with Crippen LogP contribution in [-0.4, -0.2) is 42.1 Å². The van der Waals surface area contributed by atoms with E-state index in [0.717, 1.165) is 12.1 Å². The predicted molar refractivity (Wildman–Crippen MR) is 68.0 cm³/mol. The Morgan fingerprint density at radius 2 is 2.00 bits per heavy atom. The molecular weight excluding hydrogens is 235 g/mol. The molecular formula is C13H19FN2O2. The second-order valence-corrected chi connectivity index (χ2v) is 4.57. The first-order valence-corrected chi connectivity index (χ1v) is 6.22. The van der Waals surface area contributed by atoms with Crippen LogP contribution >= 0.6 is 0 Å². The highest BCUT2D eigenvalue weighted by Crippen LogP contribution is 2.28. The number of anilines is 1. The molecule has 18 heavy (non-hydrogen) atoms. The minimum atomic E-state index is -0.809. The standard InChI is InChI=1S/C13H19FN2O2/c1-2-15-6-9-4-3-5-10(14)13(9)16-7-11(17)12(18)8-16/h3-5,11-12,15,17-18H,2,6-8H2,1H3. The van der Waals surface area contributed by atoms with Crippen LogP contribution in [0, 0.1) is 5.82 Å². The first kappa shape index (κ1) is 13.3. The highest BCUT2D eigenvalue weighted by Gasteiger charge is 2.31. The zero-order valence-corrected chi connectivity index (χ0v) is 10.4. The fourth-order valence-corrected chi connectivity index (χ4v) is 2.27. The molecule has 0 radical (unpaired) electrons. The van der Waals surface area contributed by atoms with Gasteiger partial charge in [-0.25, -0.2) is 4.39 Å². The maximum atomic E-state index is 14.0. The number of rotatable bonds is 4. The van der Waals surface area contributed by atoms with Gasteiger partial charge in [0, 0.05) is 19.6 Å². The number of aliphatic hydroxyl groups is 2. The average Bonchev–Trinajstić information content (AvgIpc) is 2.66. The number of nitrogens with zero attached hydrogens (tertiary/aromatic N) is 1. The van der Waals surface area contributed by atoms with Crippen LogP contribution in [0.1, 0.15) is 12.5 Å². The Bertz CT molecular complexity index is 404. The molecule has 0 amide bonds. The number of β-amino-alcohol motifs (C(OH)–C–C–N with tert-alkyl or cyclic N) is 2. The third-order valence-corrected chi connectivity index (χ3v) is 3.21. The van der Waals surface area contributed by atoms with E-state index in [0.29, 0.717) is 12.2 Å². The van der Waals surface area contributed by atoms with Gasteiger partial charge in [-0.1, -0.05) is 19.1 Å². The third kappa shape index (κ3) is 2.63.